The van der Waals surface area contributed by atoms with Crippen LogP contribution in [0.5, 0.6) is 5.75 Å². The summed E-state index contributed by atoms with van der Waals surface area (Å²) in [5.74, 6) is -1.04. The maximum absolute atomic E-state index is 13.9. The number of phenolic OH excluding ortho intramolecular Hbond substituents is 1. The fraction of sp³-hybridized carbons (Fsp3) is 0.409. The molecule has 7 nitrogen and oxygen atoms in total. The lowest BCUT2D eigenvalue weighted by molar-refractivity contribution is 0.0766. The number of hydrogen-bond acceptors (Lipinski definition) is 6. The topological polar surface area (TPSA) is 77.0 Å². The molecule has 158 valence electrons. The Kier molecular flexibility index (Phi) is 5.83. The number of benzene rings is 1. The van der Waals surface area contributed by atoms with Crippen molar-refractivity contribution in [2.24, 2.45) is 0 Å². The first-order chi connectivity index (χ1) is 14.6. The summed E-state index contributed by atoms with van der Waals surface area (Å²) in [4.78, 5) is 34.6. The molecule has 2 aliphatic rings. The van der Waals surface area contributed by atoms with Crippen LogP contribution >= 0.6 is 0 Å². The average Bonchev–Trinajstić information content (AvgIpc) is 3.20. The molecular weight excluding hydrogens is 387 g/mol. The van der Waals surface area contributed by atoms with E-state index < -0.39 is 11.6 Å². The number of aldehydes is 1. The third kappa shape index (κ3) is 4.08. The highest BCUT2D eigenvalue weighted by Gasteiger charge is 2.23. The number of anilines is 2. The molecule has 0 unspecified atom stereocenters. The Balaban J connectivity index is 1.43. The van der Waals surface area contributed by atoms with Crippen molar-refractivity contribution in [3.05, 3.63) is 47.4 Å². The smallest absolute Gasteiger partial charge is 0.254 e. The second-order valence-corrected chi connectivity index (χ2v) is 7.72. The largest absolute Gasteiger partial charge is 0.504 e. The van der Waals surface area contributed by atoms with Crippen LogP contribution in [0.3, 0.4) is 0 Å². The number of nitrogens with zero attached hydrogens (tertiary/aromatic N) is 4. The fourth-order valence-corrected chi connectivity index (χ4v) is 4.09. The normalized spacial score (nSPS) is 17.2. The number of pyridine rings is 1. The number of rotatable bonds is 4. The Bertz CT molecular complexity index is 929. The molecular formula is C22H25FN4O3. The van der Waals surface area contributed by atoms with Gasteiger partial charge in [-0.2, -0.15) is 0 Å². The number of carbonyl (C=O) groups excluding carboxylic acids is 2. The molecule has 0 spiro atoms. The van der Waals surface area contributed by atoms with Gasteiger partial charge in [0.1, 0.15) is 5.82 Å². The number of aromatic hydroxyl groups is 1. The Morgan fingerprint density at radius 3 is 2.47 bits per heavy atom. The summed E-state index contributed by atoms with van der Waals surface area (Å²) in [5, 5.41) is 9.56. The van der Waals surface area contributed by atoms with Gasteiger partial charge in [-0.05, 0) is 43.5 Å². The lowest BCUT2D eigenvalue weighted by Gasteiger charge is -2.24. The van der Waals surface area contributed by atoms with E-state index in [1.165, 1.54) is 18.9 Å². The average molecular weight is 412 g/mol. The van der Waals surface area contributed by atoms with Crippen LogP contribution in [0.4, 0.5) is 15.9 Å². The molecule has 1 amide bonds. The van der Waals surface area contributed by atoms with Gasteiger partial charge in [-0.25, -0.2) is 9.37 Å². The predicted octanol–water partition coefficient (Wildman–Crippen LogP) is 2.69. The molecule has 30 heavy (non-hydrogen) atoms. The van der Waals surface area contributed by atoms with Crippen molar-refractivity contribution in [2.45, 2.75) is 19.3 Å². The van der Waals surface area contributed by atoms with Crippen LogP contribution in [0.15, 0.2) is 30.5 Å². The molecule has 2 fully saturated rings. The van der Waals surface area contributed by atoms with Gasteiger partial charge in [0.05, 0.1) is 17.4 Å². The van der Waals surface area contributed by atoms with Crippen molar-refractivity contribution in [2.75, 3.05) is 49.1 Å². The van der Waals surface area contributed by atoms with E-state index >= 15 is 0 Å². The fourth-order valence-electron chi connectivity index (χ4n) is 4.09. The molecule has 0 aliphatic carbocycles. The summed E-state index contributed by atoms with van der Waals surface area (Å²) in [6.07, 6.45) is 5.41. The van der Waals surface area contributed by atoms with Gasteiger partial charge >= 0.3 is 0 Å². The standard InChI is InChI=1S/C22H25FN4O3/c23-19-13-16(12-17(15-28)21(19)29)22(30)27-9-3-8-25(10-11-27)18-4-5-20(24-14-18)26-6-1-2-7-26/h4-5,12-15,29H,1-3,6-11H2. The highest BCUT2D eigenvalue weighted by atomic mass is 19.1. The van der Waals surface area contributed by atoms with Crippen LogP contribution in [0, 0.1) is 5.82 Å². The maximum Gasteiger partial charge on any atom is 0.254 e. The van der Waals surface area contributed by atoms with E-state index in [2.05, 4.69) is 26.9 Å². The molecule has 4 rings (SSSR count). The summed E-state index contributed by atoms with van der Waals surface area (Å²) >= 11 is 0. The number of halogens is 1. The van der Waals surface area contributed by atoms with Gasteiger partial charge in [-0.15, -0.1) is 0 Å². The Labute approximate surface area is 174 Å². The quantitative estimate of drug-likeness (QED) is 0.778. The van der Waals surface area contributed by atoms with E-state index in [4.69, 9.17) is 0 Å². The van der Waals surface area contributed by atoms with Crippen molar-refractivity contribution in [3.63, 3.8) is 0 Å². The van der Waals surface area contributed by atoms with E-state index in [1.807, 2.05) is 6.20 Å². The van der Waals surface area contributed by atoms with Crippen LogP contribution < -0.4 is 9.80 Å². The van der Waals surface area contributed by atoms with Gasteiger partial charge in [0.15, 0.2) is 17.9 Å². The molecule has 2 aliphatic heterocycles. The highest BCUT2D eigenvalue weighted by molar-refractivity contribution is 5.96. The second kappa shape index (κ2) is 8.69. The van der Waals surface area contributed by atoms with Crippen LogP contribution in [0.25, 0.3) is 0 Å². The number of amides is 1. The van der Waals surface area contributed by atoms with E-state index in [9.17, 15) is 19.1 Å². The van der Waals surface area contributed by atoms with Crippen molar-refractivity contribution < 1.29 is 19.1 Å². The number of aromatic nitrogens is 1. The number of phenols is 1. The minimum Gasteiger partial charge on any atom is -0.504 e. The molecule has 1 aromatic carbocycles. The zero-order chi connectivity index (χ0) is 21.1. The summed E-state index contributed by atoms with van der Waals surface area (Å²) in [7, 11) is 0. The minimum absolute atomic E-state index is 0.0671. The van der Waals surface area contributed by atoms with Gasteiger partial charge in [0.25, 0.3) is 5.91 Å². The summed E-state index contributed by atoms with van der Waals surface area (Å²) in [6.45, 7) is 4.54. The van der Waals surface area contributed by atoms with Crippen molar-refractivity contribution in [1.29, 1.82) is 0 Å². The summed E-state index contributed by atoms with van der Waals surface area (Å²) in [6, 6.07) is 6.34. The third-order valence-corrected chi connectivity index (χ3v) is 5.78. The lowest BCUT2D eigenvalue weighted by Crippen LogP contribution is -2.35. The summed E-state index contributed by atoms with van der Waals surface area (Å²) in [5.41, 5.74) is 0.864. The molecule has 2 aromatic rings. The number of carbonyl (C=O) groups is 2. The Morgan fingerprint density at radius 2 is 1.77 bits per heavy atom. The highest BCUT2D eigenvalue weighted by Crippen LogP contribution is 2.24. The predicted molar refractivity (Wildman–Crippen MR) is 112 cm³/mol. The SMILES string of the molecule is O=Cc1cc(C(=O)N2CCCN(c3ccc(N4CCCC4)nc3)CC2)cc(F)c1O. The van der Waals surface area contributed by atoms with E-state index in [0.29, 0.717) is 25.9 Å². The molecule has 0 radical (unpaired) electrons. The van der Waals surface area contributed by atoms with Gasteiger partial charge in [0, 0.05) is 44.8 Å². The van der Waals surface area contributed by atoms with E-state index in [0.717, 1.165) is 43.6 Å². The Hall–Kier alpha value is -3.16. The zero-order valence-electron chi connectivity index (χ0n) is 16.8. The molecule has 0 bridgehead atoms. The zero-order valence-corrected chi connectivity index (χ0v) is 16.8. The first-order valence-electron chi connectivity index (χ1n) is 10.3. The van der Waals surface area contributed by atoms with Gasteiger partial charge in [-0.1, -0.05) is 0 Å². The molecule has 8 heteroatoms. The maximum atomic E-state index is 13.9. The van der Waals surface area contributed by atoms with Gasteiger partial charge < -0.3 is 19.8 Å². The third-order valence-electron chi connectivity index (χ3n) is 5.78. The number of hydrogen-bond donors (Lipinski definition) is 1. The minimum atomic E-state index is -0.969. The van der Waals surface area contributed by atoms with Crippen molar-refractivity contribution in [3.8, 4) is 5.75 Å². The van der Waals surface area contributed by atoms with Crippen molar-refractivity contribution >= 4 is 23.7 Å². The Morgan fingerprint density at radius 1 is 1.00 bits per heavy atom. The first-order valence-corrected chi connectivity index (χ1v) is 10.3. The van der Waals surface area contributed by atoms with Gasteiger partial charge in [0.2, 0.25) is 0 Å². The van der Waals surface area contributed by atoms with Crippen LogP contribution in [-0.2, 0) is 0 Å². The van der Waals surface area contributed by atoms with E-state index in [1.54, 1.807) is 4.90 Å². The van der Waals surface area contributed by atoms with Crippen LogP contribution in [-0.4, -0.2) is 66.5 Å². The first kappa shape index (κ1) is 20.1. The second-order valence-electron chi connectivity index (χ2n) is 7.72. The van der Waals surface area contributed by atoms with Gasteiger partial charge in [-0.3, -0.25) is 9.59 Å². The summed E-state index contributed by atoms with van der Waals surface area (Å²) < 4.78 is 13.9. The monoisotopic (exact) mass is 412 g/mol. The molecule has 1 N–H and O–H groups in total. The molecule has 1 aromatic heterocycles. The molecule has 2 saturated heterocycles. The molecule has 0 saturated carbocycles. The van der Waals surface area contributed by atoms with Crippen molar-refractivity contribution in [1.82, 2.24) is 9.88 Å². The van der Waals surface area contributed by atoms with E-state index in [-0.39, 0.29) is 17.0 Å². The molecule has 3 heterocycles. The lowest BCUT2D eigenvalue weighted by atomic mass is 10.1. The van der Waals surface area contributed by atoms with Crippen LogP contribution in [0.2, 0.25) is 0 Å². The van der Waals surface area contributed by atoms with Crippen LogP contribution in [0.1, 0.15) is 40.0 Å². The molecule has 0 atom stereocenters.